The van der Waals surface area contributed by atoms with E-state index in [-0.39, 0.29) is 0 Å². The fourth-order valence-corrected chi connectivity index (χ4v) is 4.71. The van der Waals surface area contributed by atoms with E-state index >= 15 is 0 Å². The zero-order chi connectivity index (χ0) is 12.2. The van der Waals surface area contributed by atoms with Crippen molar-refractivity contribution in [1.82, 2.24) is 4.98 Å². The highest BCUT2D eigenvalue weighted by Crippen LogP contribution is 2.35. The molecule has 4 heteroatoms. The van der Waals surface area contributed by atoms with Gasteiger partial charge >= 0.3 is 0 Å². The second kappa shape index (κ2) is 6.50. The Morgan fingerprint density at radius 2 is 2.00 bits per heavy atom. The molecule has 1 nitrogen and oxygen atoms in total. The molecule has 0 aliphatic rings. The number of hydrogen-bond donors (Lipinski definition) is 0. The summed E-state index contributed by atoms with van der Waals surface area (Å²) in [5.41, 5.74) is 1.45. The lowest BCUT2D eigenvalue weighted by Gasteiger charge is -2.31. The molecule has 0 fully saturated rings. The van der Waals surface area contributed by atoms with Gasteiger partial charge in [0.25, 0.3) is 0 Å². The highest BCUT2D eigenvalue weighted by molar-refractivity contribution is 9.09. The molecule has 0 bridgehead atoms. The maximum atomic E-state index is 4.58. The summed E-state index contributed by atoms with van der Waals surface area (Å²) in [7, 11) is 0. The van der Waals surface area contributed by atoms with Gasteiger partial charge in [-0.1, -0.05) is 45.7 Å². The molecule has 0 atom stereocenters. The second-order valence-electron chi connectivity index (χ2n) is 4.92. The number of aryl methyl sites for hydroxylation is 1. The Balaban J connectivity index is 2.77. The van der Waals surface area contributed by atoms with E-state index in [9.17, 15) is 0 Å². The molecule has 0 saturated carbocycles. The zero-order valence-electron chi connectivity index (χ0n) is 10.1. The van der Waals surface area contributed by atoms with Crippen LogP contribution in [0, 0.1) is 18.3 Å². The quantitative estimate of drug-likeness (QED) is 0.656. The summed E-state index contributed by atoms with van der Waals surface area (Å²) in [4.78, 5) is 4.58. The average Bonchev–Trinajstić information content (AvgIpc) is 2.62. The van der Waals surface area contributed by atoms with Crippen molar-refractivity contribution < 1.29 is 0 Å². The Kier molecular flexibility index (Phi) is 5.95. The van der Waals surface area contributed by atoms with Gasteiger partial charge in [0.05, 0.1) is 5.01 Å². The van der Waals surface area contributed by atoms with Crippen molar-refractivity contribution in [2.24, 2.45) is 11.3 Å². The molecule has 0 aromatic carbocycles. The smallest absolute Gasteiger partial charge is 0.0934 e. The van der Waals surface area contributed by atoms with Crippen LogP contribution in [0.25, 0.3) is 0 Å². The summed E-state index contributed by atoms with van der Waals surface area (Å²) < 4.78 is 0. The van der Waals surface area contributed by atoms with Gasteiger partial charge in [-0.3, -0.25) is 0 Å². The predicted octanol–water partition coefficient (Wildman–Crippen LogP) is 4.82. The van der Waals surface area contributed by atoms with Crippen LogP contribution in [0.15, 0.2) is 5.38 Å². The minimum absolute atomic E-state index is 0.304. The number of halogens is 2. The molecule has 0 N–H and O–H groups in total. The van der Waals surface area contributed by atoms with Crippen LogP contribution >= 0.6 is 43.2 Å². The molecule has 0 radical (unpaired) electrons. The summed E-state index contributed by atoms with van der Waals surface area (Å²) in [5, 5.41) is 5.46. The largest absolute Gasteiger partial charge is 0.247 e. The number of alkyl halides is 2. The van der Waals surface area contributed by atoms with Crippen LogP contribution in [0.1, 0.15) is 31.0 Å². The van der Waals surface area contributed by atoms with Crippen LogP contribution in [0.4, 0.5) is 0 Å². The molecule has 0 unspecified atom stereocenters. The number of hydrogen-bond acceptors (Lipinski definition) is 2. The first kappa shape index (κ1) is 14.7. The third-order valence-electron chi connectivity index (χ3n) is 2.60. The monoisotopic (exact) mass is 367 g/mol. The van der Waals surface area contributed by atoms with Gasteiger partial charge in [0, 0.05) is 28.2 Å². The molecule has 0 aliphatic heterocycles. The molecular formula is C12H19Br2NS. The van der Waals surface area contributed by atoms with Gasteiger partial charge in [0.1, 0.15) is 0 Å². The number of rotatable bonds is 6. The summed E-state index contributed by atoms with van der Waals surface area (Å²) in [6.07, 6.45) is 2.29. The standard InChI is InChI=1S/C12H19Br2NS/c1-9(2)4-12(7-13,8-14)5-11-15-10(3)6-16-11/h6,9H,4-5,7-8H2,1-3H3. The van der Waals surface area contributed by atoms with Gasteiger partial charge < -0.3 is 0 Å². The zero-order valence-corrected chi connectivity index (χ0v) is 14.1. The maximum Gasteiger partial charge on any atom is 0.0934 e. The summed E-state index contributed by atoms with van der Waals surface area (Å²) in [6.45, 7) is 6.63. The van der Waals surface area contributed by atoms with Crippen molar-refractivity contribution in [3.63, 3.8) is 0 Å². The van der Waals surface area contributed by atoms with E-state index in [1.165, 1.54) is 11.4 Å². The van der Waals surface area contributed by atoms with Gasteiger partial charge in [-0.25, -0.2) is 4.98 Å². The van der Waals surface area contributed by atoms with E-state index in [4.69, 9.17) is 0 Å². The van der Waals surface area contributed by atoms with Crippen LogP contribution in [-0.4, -0.2) is 15.6 Å². The summed E-state index contributed by atoms with van der Waals surface area (Å²) in [5.74, 6) is 0.719. The molecule has 0 spiro atoms. The lowest BCUT2D eigenvalue weighted by molar-refractivity contribution is 0.304. The fraction of sp³-hybridized carbons (Fsp3) is 0.750. The second-order valence-corrected chi connectivity index (χ2v) is 6.99. The van der Waals surface area contributed by atoms with Gasteiger partial charge in [-0.15, -0.1) is 11.3 Å². The molecule has 0 aliphatic carbocycles. The molecule has 92 valence electrons. The lowest BCUT2D eigenvalue weighted by Crippen LogP contribution is -2.29. The molecule has 1 aromatic rings. The first-order valence-corrected chi connectivity index (χ1v) is 8.66. The third-order valence-corrected chi connectivity index (χ3v) is 5.95. The molecule has 0 amide bonds. The van der Waals surface area contributed by atoms with Gasteiger partial charge in [-0.05, 0) is 24.7 Å². The van der Waals surface area contributed by atoms with Crippen molar-refractivity contribution >= 4 is 43.2 Å². The van der Waals surface area contributed by atoms with Crippen molar-refractivity contribution in [2.45, 2.75) is 33.6 Å². The van der Waals surface area contributed by atoms with Crippen LogP contribution in [0.5, 0.6) is 0 Å². The van der Waals surface area contributed by atoms with Gasteiger partial charge in [0.2, 0.25) is 0 Å². The van der Waals surface area contributed by atoms with Gasteiger partial charge in [-0.2, -0.15) is 0 Å². The lowest BCUT2D eigenvalue weighted by atomic mass is 9.81. The van der Waals surface area contributed by atoms with Crippen molar-refractivity contribution in [3.8, 4) is 0 Å². The van der Waals surface area contributed by atoms with Crippen LogP contribution < -0.4 is 0 Å². The van der Waals surface area contributed by atoms with E-state index in [0.717, 1.165) is 28.7 Å². The summed E-state index contributed by atoms with van der Waals surface area (Å²) in [6, 6.07) is 0. The molecule has 1 rings (SSSR count). The van der Waals surface area contributed by atoms with Crippen molar-refractivity contribution in [3.05, 3.63) is 16.1 Å². The van der Waals surface area contributed by atoms with E-state index in [2.05, 4.69) is 63.0 Å². The highest BCUT2D eigenvalue weighted by atomic mass is 79.9. The van der Waals surface area contributed by atoms with E-state index in [0.29, 0.717) is 5.41 Å². The van der Waals surface area contributed by atoms with E-state index in [1.54, 1.807) is 11.3 Å². The fourth-order valence-electron chi connectivity index (χ4n) is 1.98. The van der Waals surface area contributed by atoms with Crippen LogP contribution in [0.3, 0.4) is 0 Å². The van der Waals surface area contributed by atoms with E-state index < -0.39 is 0 Å². The van der Waals surface area contributed by atoms with Crippen molar-refractivity contribution in [1.29, 1.82) is 0 Å². The Morgan fingerprint density at radius 1 is 1.38 bits per heavy atom. The molecule has 1 aromatic heterocycles. The molecule has 16 heavy (non-hydrogen) atoms. The Hall–Kier alpha value is 0.590. The van der Waals surface area contributed by atoms with Crippen molar-refractivity contribution in [2.75, 3.05) is 10.7 Å². The highest BCUT2D eigenvalue weighted by Gasteiger charge is 2.30. The molecular weight excluding hydrogens is 350 g/mol. The normalized spacial score (nSPS) is 12.4. The van der Waals surface area contributed by atoms with Crippen LogP contribution in [-0.2, 0) is 6.42 Å². The number of aromatic nitrogens is 1. The Labute approximate surface area is 119 Å². The minimum atomic E-state index is 0.304. The first-order chi connectivity index (χ1) is 7.51. The Bertz CT molecular complexity index is 319. The van der Waals surface area contributed by atoms with Crippen LogP contribution in [0.2, 0.25) is 0 Å². The van der Waals surface area contributed by atoms with E-state index in [1.807, 2.05) is 0 Å². The topological polar surface area (TPSA) is 12.9 Å². The number of thiazole rings is 1. The predicted molar refractivity (Wildman–Crippen MR) is 80.0 cm³/mol. The summed E-state index contributed by atoms with van der Waals surface area (Å²) >= 11 is 9.13. The minimum Gasteiger partial charge on any atom is -0.247 e. The average molecular weight is 369 g/mol. The molecule has 1 heterocycles. The molecule has 0 saturated heterocycles. The first-order valence-electron chi connectivity index (χ1n) is 5.54. The third kappa shape index (κ3) is 4.11. The Morgan fingerprint density at radius 3 is 2.38 bits per heavy atom. The van der Waals surface area contributed by atoms with Gasteiger partial charge in [0.15, 0.2) is 0 Å². The SMILES string of the molecule is Cc1csc(CC(CBr)(CBr)CC(C)C)n1. The number of nitrogens with zero attached hydrogens (tertiary/aromatic N) is 1. The maximum absolute atomic E-state index is 4.58.